The first-order valence-electron chi connectivity index (χ1n) is 8.61. The maximum atomic E-state index is 13.2. The normalized spacial score (nSPS) is 20.0. The third-order valence-electron chi connectivity index (χ3n) is 5.20. The van der Waals surface area contributed by atoms with Gasteiger partial charge < -0.3 is 10.2 Å². The fourth-order valence-electron chi connectivity index (χ4n) is 3.28. The molecule has 1 saturated carbocycles. The number of nitrogens with one attached hydrogen (secondary N) is 1. The summed E-state index contributed by atoms with van der Waals surface area (Å²) in [6, 6.07) is 3.16. The summed E-state index contributed by atoms with van der Waals surface area (Å²) in [5.41, 5.74) is -2.63. The van der Waals surface area contributed by atoms with Gasteiger partial charge in [0.1, 0.15) is 5.41 Å². The third-order valence-corrected chi connectivity index (χ3v) is 5.44. The molecule has 26 heavy (non-hydrogen) atoms. The number of piperidine rings is 1. The van der Waals surface area contributed by atoms with Crippen LogP contribution in [0.2, 0.25) is 5.02 Å². The van der Waals surface area contributed by atoms with E-state index in [4.69, 9.17) is 11.6 Å². The molecule has 2 fully saturated rings. The van der Waals surface area contributed by atoms with Crippen molar-refractivity contribution in [2.45, 2.75) is 38.8 Å². The topological polar surface area (TPSA) is 49.4 Å². The summed E-state index contributed by atoms with van der Waals surface area (Å²) in [6.07, 6.45) is -2.19. The number of benzene rings is 1. The Balaban J connectivity index is 1.77. The van der Waals surface area contributed by atoms with Gasteiger partial charge in [0, 0.05) is 18.1 Å². The molecule has 0 unspecified atom stereocenters. The van der Waals surface area contributed by atoms with Crippen LogP contribution in [0, 0.1) is 11.3 Å². The Morgan fingerprint density at radius 2 is 1.85 bits per heavy atom. The van der Waals surface area contributed by atoms with E-state index in [1.54, 1.807) is 4.90 Å². The van der Waals surface area contributed by atoms with Crippen molar-refractivity contribution in [2.75, 3.05) is 18.4 Å². The minimum Gasteiger partial charge on any atom is -0.342 e. The standard InChI is InChI=1S/C18H20ClF3N2O2/c1-11-4-8-24(9-5-11)16(26)17(6-7-17)15(25)23-14-3-2-12(19)10-13(14)18(20,21)22/h2-3,10-11H,4-9H2,1H3,(H,23,25). The zero-order valence-electron chi connectivity index (χ0n) is 14.3. The number of hydrogen-bond acceptors (Lipinski definition) is 2. The number of nitrogens with zero attached hydrogens (tertiary/aromatic N) is 1. The van der Waals surface area contributed by atoms with Crippen molar-refractivity contribution in [2.24, 2.45) is 11.3 Å². The van der Waals surface area contributed by atoms with E-state index in [-0.39, 0.29) is 16.6 Å². The highest BCUT2D eigenvalue weighted by molar-refractivity contribution is 6.30. The van der Waals surface area contributed by atoms with Gasteiger partial charge >= 0.3 is 6.18 Å². The van der Waals surface area contributed by atoms with E-state index in [0.29, 0.717) is 31.8 Å². The van der Waals surface area contributed by atoms with E-state index in [1.165, 1.54) is 6.07 Å². The van der Waals surface area contributed by atoms with Crippen LogP contribution >= 0.6 is 11.6 Å². The van der Waals surface area contributed by atoms with Crippen LogP contribution in [0.5, 0.6) is 0 Å². The van der Waals surface area contributed by atoms with E-state index in [2.05, 4.69) is 12.2 Å². The fraction of sp³-hybridized carbons (Fsp3) is 0.556. The van der Waals surface area contributed by atoms with Gasteiger partial charge in [-0.25, -0.2) is 0 Å². The molecule has 2 amide bonds. The van der Waals surface area contributed by atoms with Crippen LogP contribution in [0.15, 0.2) is 18.2 Å². The van der Waals surface area contributed by atoms with Crippen LogP contribution in [0.3, 0.4) is 0 Å². The lowest BCUT2D eigenvalue weighted by molar-refractivity contribution is -0.143. The average Bonchev–Trinajstić information content (AvgIpc) is 3.37. The van der Waals surface area contributed by atoms with Gasteiger partial charge in [0.15, 0.2) is 0 Å². The Labute approximate surface area is 154 Å². The van der Waals surface area contributed by atoms with Crippen molar-refractivity contribution in [3.8, 4) is 0 Å². The lowest BCUT2D eigenvalue weighted by Gasteiger charge is -2.33. The largest absolute Gasteiger partial charge is 0.418 e. The molecule has 0 radical (unpaired) electrons. The number of carbonyl (C=O) groups is 2. The summed E-state index contributed by atoms with van der Waals surface area (Å²) < 4.78 is 39.6. The first kappa shape index (κ1) is 19.0. The van der Waals surface area contributed by atoms with E-state index in [0.717, 1.165) is 25.0 Å². The zero-order chi connectivity index (χ0) is 19.1. The van der Waals surface area contributed by atoms with Crippen molar-refractivity contribution in [3.05, 3.63) is 28.8 Å². The quantitative estimate of drug-likeness (QED) is 0.783. The highest BCUT2D eigenvalue weighted by Crippen LogP contribution is 2.49. The summed E-state index contributed by atoms with van der Waals surface area (Å²) >= 11 is 5.65. The predicted octanol–water partition coefficient (Wildman–Crippen LogP) is 4.34. The van der Waals surface area contributed by atoms with Crippen LogP contribution in [0.1, 0.15) is 38.2 Å². The van der Waals surface area contributed by atoms with Crippen LogP contribution in [0.25, 0.3) is 0 Å². The SMILES string of the molecule is CC1CCN(C(=O)C2(C(=O)Nc3ccc(Cl)cc3C(F)(F)F)CC2)CC1. The van der Waals surface area contributed by atoms with Crippen LogP contribution in [-0.4, -0.2) is 29.8 Å². The maximum Gasteiger partial charge on any atom is 0.418 e. The molecule has 8 heteroatoms. The van der Waals surface area contributed by atoms with Crippen molar-refractivity contribution in [1.82, 2.24) is 4.90 Å². The van der Waals surface area contributed by atoms with E-state index in [1.807, 2.05) is 0 Å². The van der Waals surface area contributed by atoms with Gasteiger partial charge in [0.2, 0.25) is 11.8 Å². The molecule has 3 rings (SSSR count). The number of anilines is 1. The van der Waals surface area contributed by atoms with Gasteiger partial charge in [-0.1, -0.05) is 18.5 Å². The summed E-state index contributed by atoms with van der Waals surface area (Å²) in [7, 11) is 0. The first-order valence-corrected chi connectivity index (χ1v) is 8.99. The molecular formula is C18H20ClF3N2O2. The van der Waals surface area contributed by atoms with E-state index >= 15 is 0 Å². The Bertz CT molecular complexity index is 724. The summed E-state index contributed by atoms with van der Waals surface area (Å²) in [5.74, 6) is -0.412. The Morgan fingerprint density at radius 1 is 1.23 bits per heavy atom. The average molecular weight is 389 g/mol. The number of halogens is 4. The smallest absolute Gasteiger partial charge is 0.342 e. The van der Waals surface area contributed by atoms with E-state index in [9.17, 15) is 22.8 Å². The molecule has 1 aromatic rings. The van der Waals surface area contributed by atoms with Gasteiger partial charge in [-0.3, -0.25) is 9.59 Å². The predicted molar refractivity (Wildman–Crippen MR) is 91.7 cm³/mol. The Kier molecular flexibility index (Phi) is 4.94. The molecule has 2 aliphatic rings. The van der Waals surface area contributed by atoms with Gasteiger partial charge in [0.25, 0.3) is 0 Å². The second-order valence-corrected chi connectivity index (χ2v) is 7.64. The van der Waals surface area contributed by atoms with Gasteiger partial charge in [-0.05, 0) is 49.8 Å². The summed E-state index contributed by atoms with van der Waals surface area (Å²) in [5, 5.41) is 2.24. The van der Waals surface area contributed by atoms with Crippen LogP contribution in [-0.2, 0) is 15.8 Å². The first-order chi connectivity index (χ1) is 12.1. The Morgan fingerprint density at radius 3 is 2.38 bits per heavy atom. The molecule has 1 aliphatic carbocycles. The number of hydrogen-bond donors (Lipinski definition) is 1. The molecule has 1 aliphatic heterocycles. The molecule has 142 valence electrons. The van der Waals surface area contributed by atoms with Crippen LogP contribution in [0.4, 0.5) is 18.9 Å². The van der Waals surface area contributed by atoms with Crippen molar-refractivity contribution in [3.63, 3.8) is 0 Å². The number of rotatable bonds is 3. The highest BCUT2D eigenvalue weighted by atomic mass is 35.5. The zero-order valence-corrected chi connectivity index (χ0v) is 15.1. The molecule has 0 atom stereocenters. The molecule has 1 heterocycles. The van der Waals surface area contributed by atoms with Crippen molar-refractivity contribution in [1.29, 1.82) is 0 Å². The third kappa shape index (κ3) is 3.68. The molecule has 1 aromatic carbocycles. The summed E-state index contributed by atoms with van der Waals surface area (Å²) in [6.45, 7) is 3.29. The van der Waals surface area contributed by atoms with Gasteiger partial charge in [-0.15, -0.1) is 0 Å². The lowest BCUT2D eigenvalue weighted by Crippen LogP contribution is -2.46. The number of amides is 2. The Hall–Kier alpha value is -1.76. The molecule has 0 spiro atoms. The maximum absolute atomic E-state index is 13.2. The molecule has 1 N–H and O–H groups in total. The summed E-state index contributed by atoms with van der Waals surface area (Å²) in [4.78, 5) is 27.1. The van der Waals surface area contributed by atoms with E-state index < -0.39 is 23.1 Å². The lowest BCUT2D eigenvalue weighted by atomic mass is 9.96. The highest BCUT2D eigenvalue weighted by Gasteiger charge is 2.58. The van der Waals surface area contributed by atoms with Crippen molar-refractivity contribution < 1.29 is 22.8 Å². The number of alkyl halides is 3. The molecule has 0 bridgehead atoms. The molecular weight excluding hydrogens is 369 g/mol. The second kappa shape index (κ2) is 6.76. The molecule has 4 nitrogen and oxygen atoms in total. The van der Waals surface area contributed by atoms with Crippen LogP contribution < -0.4 is 5.32 Å². The minimum atomic E-state index is -4.66. The minimum absolute atomic E-state index is 0.0741. The second-order valence-electron chi connectivity index (χ2n) is 7.20. The molecule has 0 aromatic heterocycles. The fourth-order valence-corrected chi connectivity index (χ4v) is 3.45. The molecule has 1 saturated heterocycles. The van der Waals surface area contributed by atoms with Gasteiger partial charge in [0.05, 0.1) is 11.3 Å². The number of carbonyl (C=O) groups excluding carboxylic acids is 2. The van der Waals surface area contributed by atoms with Crippen molar-refractivity contribution >= 4 is 29.1 Å². The number of likely N-dealkylation sites (tertiary alicyclic amines) is 1. The monoisotopic (exact) mass is 388 g/mol. The van der Waals surface area contributed by atoms with Gasteiger partial charge in [-0.2, -0.15) is 13.2 Å².